The van der Waals surface area contributed by atoms with E-state index in [0.29, 0.717) is 100 Å². The number of carbonyl (C=O) groups is 2. The van der Waals surface area contributed by atoms with Crippen molar-refractivity contribution in [2.45, 2.75) is 115 Å². The second kappa shape index (κ2) is 37.3. The van der Waals surface area contributed by atoms with E-state index in [1.807, 2.05) is 89.4 Å². The fourth-order valence-electron chi connectivity index (χ4n) is 13.5. The SMILES string of the molecule is COc1c(N)cccc1-c1ncn(C)n1.COc1c(Nc2cc(CC(=O)C3CC3)nc3c2ncn3C2CCCCO2)cccc1-c1ncn(C)n1.COc1c(Nc2cc(Cl)nc3c2ncn3C2CCCCO2)cccc1-c1ncn(C)n1.Clc1cc(Cl)c2c(n1)CC=N2.Clc1cc(Cl)c2ncn(C3CCCCO3)c2n1.NC(=O)C1CC1. The molecule has 0 bridgehead atoms. The van der Waals surface area contributed by atoms with E-state index in [1.54, 1.807) is 104 Å². The fourth-order valence-corrected chi connectivity index (χ4v) is 14.7. The van der Waals surface area contributed by atoms with Crippen molar-refractivity contribution >= 4 is 144 Å². The Morgan fingerprint density at radius 1 is 0.483 bits per heavy atom. The number of fused-ring (bicyclic) bond motifs is 4. The zero-order valence-electron chi connectivity index (χ0n) is 64.4. The maximum Gasteiger partial charge on any atom is 0.220 e. The first-order valence-electron chi connectivity index (χ1n) is 37.8. The van der Waals surface area contributed by atoms with Gasteiger partial charge in [-0.3, -0.25) is 42.3 Å². The highest BCUT2D eigenvalue weighted by atomic mass is 35.5. The Labute approximate surface area is 691 Å². The third-order valence-corrected chi connectivity index (χ3v) is 20.7. The second-order valence-corrected chi connectivity index (χ2v) is 30.0. The summed E-state index contributed by atoms with van der Waals surface area (Å²) in [5.74, 6) is 4.17. The Morgan fingerprint density at radius 3 is 1.35 bits per heavy atom. The number of hydrogen-bond donors (Lipinski definition) is 4. The number of amides is 1. The van der Waals surface area contributed by atoms with E-state index in [9.17, 15) is 9.59 Å². The monoisotopic (exact) mass is 1670 g/mol. The number of benzene rings is 3. The molecule has 13 aromatic rings. The molecule has 32 nitrogen and oxygen atoms in total. The van der Waals surface area contributed by atoms with Gasteiger partial charge in [-0.1, -0.05) is 76.2 Å². The number of nitrogens with one attached hydrogen (secondary N) is 2. The minimum atomic E-state index is -0.130. The molecule has 2 aliphatic carbocycles. The average Bonchev–Trinajstić information content (AvgIpc) is 1.61. The molecule has 1 amide bonds. The van der Waals surface area contributed by atoms with E-state index in [-0.39, 0.29) is 42.2 Å². The zero-order chi connectivity index (χ0) is 81.1. The van der Waals surface area contributed by atoms with E-state index in [1.165, 1.54) is 0 Å². The summed E-state index contributed by atoms with van der Waals surface area (Å²) in [7, 11) is 10.3. The van der Waals surface area contributed by atoms with Gasteiger partial charge in [-0.25, -0.2) is 49.8 Å². The lowest BCUT2D eigenvalue weighted by molar-refractivity contribution is -0.120. The van der Waals surface area contributed by atoms with Gasteiger partial charge in [0.05, 0.1) is 107 Å². The molecule has 2 saturated carbocycles. The molecule has 19 rings (SSSR count). The summed E-state index contributed by atoms with van der Waals surface area (Å²) in [4.78, 5) is 70.9. The largest absolute Gasteiger partial charge is 0.494 e. The zero-order valence-corrected chi connectivity index (χ0v) is 68.2. The molecule has 116 heavy (non-hydrogen) atoms. The van der Waals surface area contributed by atoms with Gasteiger partial charge in [0.1, 0.15) is 81.1 Å². The van der Waals surface area contributed by atoms with Crippen molar-refractivity contribution in [2.24, 2.45) is 43.7 Å². The maximum absolute atomic E-state index is 12.7. The first kappa shape index (κ1) is 81.6. The highest BCUT2D eigenvalue weighted by Gasteiger charge is 2.32. The van der Waals surface area contributed by atoms with E-state index >= 15 is 0 Å². The maximum atomic E-state index is 12.7. The van der Waals surface area contributed by atoms with Crippen molar-refractivity contribution in [3.05, 3.63) is 154 Å². The normalized spacial score (nSPS) is 16.7. The Morgan fingerprint density at radius 2 is 0.914 bits per heavy atom. The summed E-state index contributed by atoms with van der Waals surface area (Å²) >= 11 is 29.9. The van der Waals surface area contributed by atoms with Gasteiger partial charge in [-0.2, -0.15) is 15.3 Å². The number of carbonyl (C=O) groups excluding carboxylic acids is 2. The first-order chi connectivity index (χ1) is 56.3. The third-order valence-electron chi connectivity index (χ3n) is 19.5. The summed E-state index contributed by atoms with van der Waals surface area (Å²) < 4.78 is 45.2. The van der Waals surface area contributed by atoms with Crippen LogP contribution in [0.1, 0.15) is 114 Å². The number of nitrogens with two attached hydrogens (primary N) is 2. The Hall–Kier alpha value is -11.0. The van der Waals surface area contributed by atoms with E-state index < -0.39 is 0 Å². The third kappa shape index (κ3) is 19.4. The number of aromatic nitrogens is 19. The highest BCUT2D eigenvalue weighted by molar-refractivity contribution is 6.37. The van der Waals surface area contributed by atoms with Crippen LogP contribution in [0.3, 0.4) is 0 Å². The van der Waals surface area contributed by atoms with Crippen LogP contribution >= 0.6 is 58.0 Å². The molecule has 5 fully saturated rings. The number of rotatable bonds is 17. The molecule has 3 aromatic carbocycles. The van der Waals surface area contributed by atoms with Crippen LogP contribution in [0.5, 0.6) is 17.2 Å². The number of methoxy groups -OCH3 is 3. The van der Waals surface area contributed by atoms with Gasteiger partial charge in [0.25, 0.3) is 0 Å². The van der Waals surface area contributed by atoms with Gasteiger partial charge in [0.2, 0.25) is 5.91 Å². The van der Waals surface area contributed by atoms with Gasteiger partial charge in [-0.05, 0) is 138 Å². The average molecular weight is 1680 g/mol. The molecule has 6 aliphatic rings. The van der Waals surface area contributed by atoms with Gasteiger partial charge >= 0.3 is 0 Å². The Bertz CT molecular complexity index is 5680. The summed E-state index contributed by atoms with van der Waals surface area (Å²) in [6, 6.07) is 24.0. The first-order valence-corrected chi connectivity index (χ1v) is 39.7. The van der Waals surface area contributed by atoms with Crippen molar-refractivity contribution < 1.29 is 38.0 Å². The number of ketones is 1. The van der Waals surface area contributed by atoms with Crippen molar-refractivity contribution in [1.82, 2.24) is 92.9 Å². The van der Waals surface area contributed by atoms with Crippen LogP contribution in [0.15, 0.2) is 122 Å². The molecule has 37 heteroatoms. The number of Topliss-reactive ketones (excluding diaryl/α,β-unsaturated/α-hetero) is 1. The molecule has 3 saturated heterocycles. The topological polar surface area (TPSA) is 375 Å². The lowest BCUT2D eigenvalue weighted by Crippen LogP contribution is -2.18. The molecule has 14 heterocycles. The summed E-state index contributed by atoms with van der Waals surface area (Å²) in [5.41, 5.74) is 23.1. The number of ether oxygens (including phenoxy) is 6. The number of imidazole rings is 3. The van der Waals surface area contributed by atoms with Gasteiger partial charge < -0.3 is 50.5 Å². The van der Waals surface area contributed by atoms with Crippen LogP contribution in [-0.2, 0) is 57.8 Å². The molecule has 0 spiro atoms. The predicted octanol–water partition coefficient (Wildman–Crippen LogP) is 15.6. The number of nitrogen functional groups attached to an aromatic ring is 1. The van der Waals surface area contributed by atoms with Crippen molar-refractivity contribution in [2.75, 3.05) is 57.5 Å². The molecule has 0 radical (unpaired) electrons. The number of para-hydroxylation sites is 3. The second-order valence-electron chi connectivity index (χ2n) is 28.0. The number of nitrogens with zero attached hydrogens (tertiary/aromatic N) is 20. The molecule has 4 aliphatic heterocycles. The number of halogens is 5. The summed E-state index contributed by atoms with van der Waals surface area (Å²) in [6.45, 7) is 2.24. The number of anilines is 5. The van der Waals surface area contributed by atoms with Crippen LogP contribution in [0, 0.1) is 11.8 Å². The van der Waals surface area contributed by atoms with Crippen molar-refractivity contribution in [3.63, 3.8) is 0 Å². The lowest BCUT2D eigenvalue weighted by Gasteiger charge is -2.24. The van der Waals surface area contributed by atoms with E-state index in [2.05, 4.69) is 70.8 Å². The number of aryl methyl sites for hydroxylation is 3. The van der Waals surface area contributed by atoms with Crippen LogP contribution in [-0.4, -0.2) is 152 Å². The van der Waals surface area contributed by atoms with Crippen LogP contribution in [0.25, 0.3) is 67.7 Å². The van der Waals surface area contributed by atoms with E-state index in [0.717, 1.165) is 172 Å². The van der Waals surface area contributed by atoms with Crippen molar-refractivity contribution in [3.8, 4) is 51.4 Å². The number of aliphatic imine (C=N–C) groups is 1. The van der Waals surface area contributed by atoms with Crippen LogP contribution < -0.4 is 36.3 Å². The molecular weight excluding hydrogens is 1590 g/mol. The van der Waals surface area contributed by atoms with Gasteiger partial charge in [-0.15, -0.1) is 0 Å². The van der Waals surface area contributed by atoms with Crippen molar-refractivity contribution in [1.29, 1.82) is 0 Å². The summed E-state index contributed by atoms with van der Waals surface area (Å²) in [5, 5.41) is 22.2. The number of pyridine rings is 4. The minimum Gasteiger partial charge on any atom is -0.494 e. The quantitative estimate of drug-likeness (QED) is 0.0486. The predicted molar refractivity (Wildman–Crippen MR) is 444 cm³/mol. The Kier molecular flexibility index (Phi) is 26.2. The van der Waals surface area contributed by atoms with E-state index in [4.69, 9.17) is 108 Å². The van der Waals surface area contributed by atoms with Crippen LogP contribution in [0.4, 0.5) is 34.1 Å². The smallest absolute Gasteiger partial charge is 0.220 e. The fraction of sp³-hybridized carbons (Fsp3) is 0.367. The number of primary amides is 1. The molecule has 604 valence electrons. The number of hydrogen-bond acceptors (Lipinski definition) is 25. The molecule has 3 unspecified atom stereocenters. The van der Waals surface area contributed by atoms with Gasteiger partial charge in [0.15, 0.2) is 51.7 Å². The minimum absolute atomic E-state index is 0.00390. The highest BCUT2D eigenvalue weighted by Crippen LogP contribution is 2.43. The molecule has 6 N–H and O–H groups in total. The lowest BCUT2D eigenvalue weighted by atomic mass is 10.1. The van der Waals surface area contributed by atoms with Gasteiger partial charge in [0, 0.05) is 77.9 Å². The Balaban J connectivity index is 0.000000124. The summed E-state index contributed by atoms with van der Waals surface area (Å²) in [6.07, 6.45) is 26.3. The molecule has 10 aromatic heterocycles. The molecular formula is C79H85Cl5N24O8. The van der Waals surface area contributed by atoms with Crippen LogP contribution in [0.2, 0.25) is 25.5 Å². The molecule has 3 atom stereocenters. The standard InChI is InChI=1S/C26H29N7O3.C21H22ClN7O2.C11H11Cl2N3O.C10H12N4O.C7H4Cl2N2.C4H7NO/c1-32-14-28-25(31-32)18-6-5-7-19(24(18)35-2)30-20-12-17(13-21(34)16-9-10-16)29-26-23(20)27-15-33(26)22-8-3-4-11-36-22;1-28-11-24-20(27-28)13-6-5-7-14(19(13)30-2)25-15-10-16(22)26-21-18(15)23-12-29(21)17-8-3-4-9-31-17;12-7-5-8(13)15-11-10(7)14-6-16(11)9-3-1-2-4-17-9;1-14-6-12-10(13-14)7-4-3-5-8(11)9(7)15-2;8-4-3-6(9)11-5-1-2-10-7(4)5;5-4(6)3-1-2-3/h5-7,12,14-16,22H,3-4,8-11,13H2,1-2H3,(H,29,30);5-7,10-12,17H,3-4,8-9H2,1-2H3,(H,25,26);5-6,9H,1-4H2;3-6H,11H2,1-2H3;2-3H,1H2;3H,1-2H2,(H2,5,6).